The van der Waals surface area contributed by atoms with E-state index in [1.807, 2.05) is 40.9 Å². The lowest BCUT2D eigenvalue weighted by atomic mass is 10.1. The van der Waals surface area contributed by atoms with E-state index in [1.165, 1.54) is 67.2 Å². The highest BCUT2D eigenvalue weighted by molar-refractivity contribution is 7.36. The zero-order valence-corrected chi connectivity index (χ0v) is 18.8. The Kier molecular flexibility index (Phi) is 5.58. The van der Waals surface area contributed by atoms with Crippen molar-refractivity contribution in [1.82, 2.24) is 0 Å². The van der Waals surface area contributed by atoms with E-state index in [-0.39, 0.29) is 0 Å². The van der Waals surface area contributed by atoms with Gasteiger partial charge in [-0.1, -0.05) is 74.4 Å². The number of rotatable bonds is 5. The van der Waals surface area contributed by atoms with Gasteiger partial charge in [0.2, 0.25) is 0 Å². The topological polar surface area (TPSA) is 0 Å². The third kappa shape index (κ3) is 3.88. The summed E-state index contributed by atoms with van der Waals surface area (Å²) in [6.07, 6.45) is 6.49. The van der Waals surface area contributed by atoms with Gasteiger partial charge in [0.1, 0.15) is 0 Å². The van der Waals surface area contributed by atoms with Crippen molar-refractivity contribution in [3.8, 4) is 11.8 Å². The summed E-state index contributed by atoms with van der Waals surface area (Å²) in [5, 5.41) is 2.77. The van der Waals surface area contributed by atoms with E-state index >= 15 is 0 Å². The van der Waals surface area contributed by atoms with Crippen molar-refractivity contribution < 1.29 is 0 Å². The van der Waals surface area contributed by atoms with Gasteiger partial charge in [-0.25, -0.2) is 0 Å². The molecule has 30 heavy (non-hydrogen) atoms. The van der Waals surface area contributed by atoms with Gasteiger partial charge in [0.15, 0.2) is 0 Å². The first-order valence-electron chi connectivity index (χ1n) is 10.8. The Morgan fingerprint density at radius 2 is 1.37 bits per heavy atom. The lowest BCUT2D eigenvalue weighted by molar-refractivity contribution is 0.667. The first-order chi connectivity index (χ1) is 14.8. The number of benzene rings is 3. The van der Waals surface area contributed by atoms with Crippen LogP contribution >= 0.6 is 22.7 Å². The lowest BCUT2D eigenvalue weighted by Gasteiger charge is -2.01. The molecule has 0 N–H and O–H groups in total. The minimum absolute atomic E-state index is 1.06. The van der Waals surface area contributed by atoms with E-state index in [4.69, 9.17) is 0 Å². The van der Waals surface area contributed by atoms with Gasteiger partial charge in [0, 0.05) is 31.3 Å². The second-order valence-corrected chi connectivity index (χ2v) is 9.93. The van der Waals surface area contributed by atoms with Crippen LogP contribution in [0.1, 0.15) is 49.3 Å². The molecule has 2 heteroatoms. The van der Waals surface area contributed by atoms with Gasteiger partial charge in [-0.15, -0.1) is 22.7 Å². The van der Waals surface area contributed by atoms with Gasteiger partial charge in [0.05, 0.1) is 9.40 Å². The molecule has 0 atom stereocenters. The largest absolute Gasteiger partial charge is 0.134 e. The molecule has 0 spiro atoms. The van der Waals surface area contributed by atoms with Crippen LogP contribution in [0.4, 0.5) is 0 Å². The molecule has 0 unspecified atom stereocenters. The van der Waals surface area contributed by atoms with Crippen LogP contribution in [0.3, 0.4) is 0 Å². The van der Waals surface area contributed by atoms with Crippen molar-refractivity contribution in [2.24, 2.45) is 0 Å². The number of thiophene rings is 2. The van der Waals surface area contributed by atoms with Crippen molar-refractivity contribution in [3.63, 3.8) is 0 Å². The van der Waals surface area contributed by atoms with Crippen LogP contribution in [-0.4, -0.2) is 0 Å². The van der Waals surface area contributed by atoms with E-state index in [1.54, 1.807) is 0 Å². The second kappa shape index (κ2) is 8.64. The molecular weight excluding hydrogens is 400 g/mol. The Balaban J connectivity index is 1.46. The molecule has 0 radical (unpaired) electrons. The molecule has 5 aromatic rings. The molecule has 0 nitrogen and oxygen atoms in total. The monoisotopic (exact) mass is 424 g/mol. The van der Waals surface area contributed by atoms with Crippen LogP contribution in [0, 0.1) is 11.8 Å². The van der Waals surface area contributed by atoms with Gasteiger partial charge in [-0.2, -0.15) is 0 Å². The predicted molar refractivity (Wildman–Crippen MR) is 135 cm³/mol. The summed E-state index contributed by atoms with van der Waals surface area (Å²) >= 11 is 3.85. The summed E-state index contributed by atoms with van der Waals surface area (Å²) in [4.78, 5) is 0. The van der Waals surface area contributed by atoms with Crippen molar-refractivity contribution >= 4 is 52.2 Å². The average Bonchev–Trinajstić information content (AvgIpc) is 3.31. The maximum absolute atomic E-state index is 3.32. The Bertz CT molecular complexity index is 1370. The Morgan fingerprint density at radius 3 is 2.13 bits per heavy atom. The third-order valence-corrected chi connectivity index (χ3v) is 8.09. The van der Waals surface area contributed by atoms with Gasteiger partial charge in [-0.3, -0.25) is 0 Å². The van der Waals surface area contributed by atoms with Crippen molar-refractivity contribution in [3.05, 3.63) is 83.4 Å². The van der Waals surface area contributed by atoms with Crippen LogP contribution in [-0.2, 0) is 6.42 Å². The quantitative estimate of drug-likeness (QED) is 0.195. The fraction of sp³-hybridized carbons (Fsp3) is 0.214. The van der Waals surface area contributed by atoms with Gasteiger partial charge in [0.25, 0.3) is 0 Å². The van der Waals surface area contributed by atoms with Crippen molar-refractivity contribution in [2.75, 3.05) is 0 Å². The van der Waals surface area contributed by atoms with Crippen molar-refractivity contribution in [2.45, 2.75) is 39.0 Å². The van der Waals surface area contributed by atoms with Gasteiger partial charge < -0.3 is 0 Å². The number of aryl methyl sites for hydroxylation is 1. The van der Waals surface area contributed by atoms with E-state index in [2.05, 4.69) is 67.3 Å². The molecule has 0 bridgehead atoms. The molecule has 0 saturated carbocycles. The van der Waals surface area contributed by atoms with Crippen molar-refractivity contribution in [1.29, 1.82) is 0 Å². The number of hydrogen-bond acceptors (Lipinski definition) is 2. The summed E-state index contributed by atoms with van der Waals surface area (Å²) in [5.74, 6) is 6.59. The molecule has 148 valence electrons. The molecule has 0 fully saturated rings. The smallest absolute Gasteiger partial charge is 0.0542 e. The van der Waals surface area contributed by atoms with Crippen LogP contribution in [0.2, 0.25) is 0 Å². The molecule has 0 aliphatic rings. The van der Waals surface area contributed by atoms with Gasteiger partial charge >= 0.3 is 0 Å². The van der Waals surface area contributed by atoms with Crippen LogP contribution in [0.15, 0.2) is 66.7 Å². The van der Waals surface area contributed by atoms with E-state index in [0.29, 0.717) is 0 Å². The molecular formula is C28H24S2. The predicted octanol–water partition coefficient (Wildman–Crippen LogP) is 8.79. The van der Waals surface area contributed by atoms with E-state index < -0.39 is 0 Å². The Hall–Kier alpha value is -2.60. The second-order valence-electron chi connectivity index (χ2n) is 7.83. The minimum Gasteiger partial charge on any atom is -0.134 e. The van der Waals surface area contributed by atoms with Crippen LogP contribution in [0.25, 0.3) is 29.6 Å². The first-order valence-corrected chi connectivity index (χ1v) is 12.4. The summed E-state index contributed by atoms with van der Waals surface area (Å²) in [6, 6.07) is 23.9. The fourth-order valence-electron chi connectivity index (χ4n) is 3.96. The summed E-state index contributed by atoms with van der Waals surface area (Å²) in [6.45, 7) is 2.27. The fourth-order valence-corrected chi connectivity index (χ4v) is 6.71. The highest BCUT2D eigenvalue weighted by Crippen LogP contribution is 2.44. The zero-order chi connectivity index (χ0) is 20.3. The highest BCUT2D eigenvalue weighted by atomic mass is 32.1. The zero-order valence-electron chi connectivity index (χ0n) is 17.2. The number of unbranched alkanes of at least 4 members (excludes halogenated alkanes) is 3. The molecule has 0 aliphatic carbocycles. The number of fused-ring (bicyclic) bond motifs is 5. The van der Waals surface area contributed by atoms with Gasteiger partial charge in [-0.05, 0) is 48.7 Å². The SMILES string of the molecule is CCCCCCc1ccc2c(c1)sc1c3ccc(C#Cc4ccccc4)cc3sc21. The molecule has 0 saturated heterocycles. The maximum Gasteiger partial charge on any atom is 0.0542 e. The lowest BCUT2D eigenvalue weighted by Crippen LogP contribution is -1.85. The van der Waals surface area contributed by atoms with Crippen LogP contribution in [0.5, 0.6) is 0 Å². The Labute approximate surface area is 186 Å². The van der Waals surface area contributed by atoms with E-state index in [9.17, 15) is 0 Å². The highest BCUT2D eigenvalue weighted by Gasteiger charge is 2.12. The minimum atomic E-state index is 1.06. The number of hydrogen-bond donors (Lipinski definition) is 0. The Morgan fingerprint density at radius 1 is 0.667 bits per heavy atom. The standard InChI is InChI=1S/C28H24S2/c1-2-3-4-6-11-21-14-16-23-25(18-21)29-28-24-17-15-22(19-26(24)30-27(23)28)13-12-20-9-7-5-8-10-20/h5,7-10,14-19H,2-4,6,11H2,1H3. The van der Waals surface area contributed by atoms with E-state index in [0.717, 1.165) is 11.1 Å². The average molecular weight is 425 g/mol. The molecule has 0 aliphatic heterocycles. The van der Waals surface area contributed by atoms with Crippen LogP contribution < -0.4 is 0 Å². The normalized spacial score (nSPS) is 11.2. The first kappa shape index (κ1) is 19.4. The summed E-state index contributed by atoms with van der Waals surface area (Å²) in [7, 11) is 0. The molecule has 2 heterocycles. The molecule has 2 aromatic heterocycles. The third-order valence-electron chi connectivity index (χ3n) is 5.59. The summed E-state index contributed by atoms with van der Waals surface area (Å²) < 4.78 is 5.62. The molecule has 3 aromatic carbocycles. The summed E-state index contributed by atoms with van der Waals surface area (Å²) in [5.41, 5.74) is 3.62. The maximum atomic E-state index is 3.32. The molecule has 0 amide bonds. The molecule has 5 rings (SSSR count).